The van der Waals surface area contributed by atoms with E-state index in [4.69, 9.17) is 0 Å². The van der Waals surface area contributed by atoms with E-state index >= 15 is 0 Å². The van der Waals surface area contributed by atoms with Crippen LogP contribution in [0.15, 0.2) is 24.3 Å². The number of nitrogens with one attached hydrogen (secondary N) is 2. The second-order valence-corrected chi connectivity index (χ2v) is 6.87. The monoisotopic (exact) mass is 351 g/mol. The molecule has 7 heteroatoms. The van der Waals surface area contributed by atoms with E-state index in [0.29, 0.717) is 0 Å². The molecule has 132 valence electrons. The molecule has 6 nitrogen and oxygen atoms in total. The second kappa shape index (κ2) is 9.97. The Morgan fingerprint density at radius 2 is 1.88 bits per heavy atom. The van der Waals surface area contributed by atoms with Gasteiger partial charge in [0.1, 0.15) is 0 Å². The minimum atomic E-state index is -0.192. The number of carbonyl (C=O) groups excluding carboxylic acids is 3. The largest absolute Gasteiger partial charge is 0.352 e. The maximum atomic E-state index is 11.9. The van der Waals surface area contributed by atoms with Gasteiger partial charge in [-0.25, -0.2) is 0 Å². The molecule has 0 atom stereocenters. The molecule has 0 fully saturated rings. The maximum absolute atomic E-state index is 11.9. The topological polar surface area (TPSA) is 78.5 Å². The summed E-state index contributed by atoms with van der Waals surface area (Å²) in [7, 11) is 1.58. The number of hydrogen-bond donors (Lipinski definition) is 2. The molecule has 0 saturated heterocycles. The number of likely N-dealkylation sites (N-methyl/N-ethyl adjacent to an activating group) is 1. The highest BCUT2D eigenvalue weighted by atomic mass is 32.2. The molecule has 0 heterocycles. The summed E-state index contributed by atoms with van der Waals surface area (Å²) in [6.45, 7) is 5.70. The first-order valence-electron chi connectivity index (χ1n) is 7.75. The molecule has 0 unspecified atom stereocenters. The van der Waals surface area contributed by atoms with Crippen LogP contribution in [-0.2, 0) is 14.4 Å². The van der Waals surface area contributed by atoms with Crippen molar-refractivity contribution in [3.63, 3.8) is 0 Å². The molecular weight excluding hydrogens is 326 g/mol. The normalized spacial score (nSPS) is 10.4. The third-order valence-electron chi connectivity index (χ3n) is 3.02. The zero-order chi connectivity index (χ0) is 18.1. The van der Waals surface area contributed by atoms with Crippen molar-refractivity contribution in [3.8, 4) is 0 Å². The fraction of sp³-hybridized carbons (Fsp3) is 0.471. The number of anilines is 1. The van der Waals surface area contributed by atoms with Crippen LogP contribution in [-0.4, -0.2) is 53.8 Å². The first kappa shape index (κ1) is 20.0. The van der Waals surface area contributed by atoms with Crippen molar-refractivity contribution in [2.24, 2.45) is 0 Å². The standard InChI is InChI=1S/C17H25N3O3S/c1-12(2)18-15(21)9-20(4)17(23)11-24-10-16(22)19-14-7-5-6-13(3)8-14/h5-8,12H,9-11H2,1-4H3,(H,18,21)(H,19,22). The predicted molar refractivity (Wildman–Crippen MR) is 98.0 cm³/mol. The Balaban J connectivity index is 2.29. The molecule has 2 N–H and O–H groups in total. The van der Waals surface area contributed by atoms with Gasteiger partial charge in [0.15, 0.2) is 0 Å². The lowest BCUT2D eigenvalue weighted by Gasteiger charge is -2.17. The minimum absolute atomic E-state index is 0.0209. The molecule has 24 heavy (non-hydrogen) atoms. The summed E-state index contributed by atoms with van der Waals surface area (Å²) in [6, 6.07) is 7.57. The molecule has 0 spiro atoms. The van der Waals surface area contributed by atoms with Gasteiger partial charge >= 0.3 is 0 Å². The molecule has 0 aliphatic heterocycles. The van der Waals surface area contributed by atoms with Gasteiger partial charge in [-0.3, -0.25) is 14.4 Å². The van der Waals surface area contributed by atoms with Gasteiger partial charge in [0.25, 0.3) is 0 Å². The molecule has 0 saturated carbocycles. The van der Waals surface area contributed by atoms with E-state index in [9.17, 15) is 14.4 Å². The number of amides is 3. The molecule has 0 aliphatic rings. The number of carbonyl (C=O) groups is 3. The van der Waals surface area contributed by atoms with E-state index in [-0.39, 0.29) is 41.8 Å². The number of hydrogen-bond acceptors (Lipinski definition) is 4. The molecule has 3 amide bonds. The average molecular weight is 351 g/mol. The number of benzene rings is 1. The Kier molecular flexibility index (Phi) is 8.32. The first-order chi connectivity index (χ1) is 11.3. The lowest BCUT2D eigenvalue weighted by molar-refractivity contribution is -0.132. The van der Waals surface area contributed by atoms with Gasteiger partial charge in [-0.15, -0.1) is 11.8 Å². The van der Waals surface area contributed by atoms with Crippen molar-refractivity contribution < 1.29 is 14.4 Å². The van der Waals surface area contributed by atoms with Crippen molar-refractivity contribution >= 4 is 35.2 Å². The van der Waals surface area contributed by atoms with E-state index in [0.717, 1.165) is 11.3 Å². The molecule has 1 aromatic carbocycles. The first-order valence-corrected chi connectivity index (χ1v) is 8.91. The smallest absolute Gasteiger partial charge is 0.239 e. The summed E-state index contributed by atoms with van der Waals surface area (Å²) in [6.07, 6.45) is 0. The van der Waals surface area contributed by atoms with E-state index in [1.807, 2.05) is 45.0 Å². The molecular formula is C17H25N3O3S. The number of aryl methyl sites for hydroxylation is 1. The van der Waals surface area contributed by atoms with Crippen LogP contribution < -0.4 is 10.6 Å². The summed E-state index contributed by atoms with van der Waals surface area (Å²) in [5, 5.41) is 5.52. The van der Waals surface area contributed by atoms with E-state index < -0.39 is 0 Å². The van der Waals surface area contributed by atoms with E-state index in [2.05, 4.69) is 10.6 Å². The number of nitrogens with zero attached hydrogens (tertiary/aromatic N) is 1. The van der Waals surface area contributed by atoms with Crippen LogP contribution in [0, 0.1) is 6.92 Å². The van der Waals surface area contributed by atoms with Crippen LogP contribution in [0.2, 0.25) is 0 Å². The lowest BCUT2D eigenvalue weighted by Crippen LogP contribution is -2.41. The van der Waals surface area contributed by atoms with E-state index in [1.54, 1.807) is 7.05 Å². The Bertz CT molecular complexity index is 590. The third kappa shape index (κ3) is 8.01. The Hall–Kier alpha value is -2.02. The zero-order valence-corrected chi connectivity index (χ0v) is 15.4. The summed E-state index contributed by atoms with van der Waals surface area (Å²) >= 11 is 1.23. The highest BCUT2D eigenvalue weighted by Crippen LogP contribution is 2.10. The minimum Gasteiger partial charge on any atom is -0.352 e. The van der Waals surface area contributed by atoms with Crippen LogP contribution in [0.5, 0.6) is 0 Å². The number of rotatable bonds is 8. The van der Waals surface area contributed by atoms with Gasteiger partial charge in [0, 0.05) is 18.8 Å². The van der Waals surface area contributed by atoms with Gasteiger partial charge < -0.3 is 15.5 Å². The van der Waals surface area contributed by atoms with Crippen molar-refractivity contribution in [2.45, 2.75) is 26.8 Å². The Morgan fingerprint density at radius 3 is 2.50 bits per heavy atom. The lowest BCUT2D eigenvalue weighted by atomic mass is 10.2. The average Bonchev–Trinajstić information content (AvgIpc) is 2.45. The van der Waals surface area contributed by atoms with Crippen LogP contribution in [0.1, 0.15) is 19.4 Å². The summed E-state index contributed by atoms with van der Waals surface area (Å²) in [4.78, 5) is 36.8. The molecule has 0 radical (unpaired) electrons. The van der Waals surface area contributed by atoms with Gasteiger partial charge in [-0.05, 0) is 38.5 Å². The van der Waals surface area contributed by atoms with Crippen molar-refractivity contribution in [1.29, 1.82) is 0 Å². The second-order valence-electron chi connectivity index (χ2n) is 5.88. The number of thioether (sulfide) groups is 1. The molecule has 0 aliphatic carbocycles. The predicted octanol–water partition coefficient (Wildman–Crippen LogP) is 1.65. The zero-order valence-electron chi connectivity index (χ0n) is 14.6. The highest BCUT2D eigenvalue weighted by Gasteiger charge is 2.14. The summed E-state index contributed by atoms with van der Waals surface area (Å²) in [5.41, 5.74) is 1.81. The Labute approximate surface area is 147 Å². The van der Waals surface area contributed by atoms with Gasteiger partial charge in [-0.2, -0.15) is 0 Å². The van der Waals surface area contributed by atoms with Crippen LogP contribution in [0.25, 0.3) is 0 Å². The van der Waals surface area contributed by atoms with Crippen LogP contribution >= 0.6 is 11.8 Å². The van der Waals surface area contributed by atoms with Gasteiger partial charge in [-0.1, -0.05) is 12.1 Å². The van der Waals surface area contributed by atoms with E-state index in [1.165, 1.54) is 16.7 Å². The summed E-state index contributed by atoms with van der Waals surface area (Å²) < 4.78 is 0. The molecule has 0 bridgehead atoms. The van der Waals surface area contributed by atoms with Crippen molar-refractivity contribution in [2.75, 3.05) is 30.4 Å². The highest BCUT2D eigenvalue weighted by molar-refractivity contribution is 8.00. The molecule has 1 rings (SSSR count). The quantitative estimate of drug-likeness (QED) is 0.746. The third-order valence-corrected chi connectivity index (χ3v) is 3.93. The molecule has 0 aromatic heterocycles. The molecule has 1 aromatic rings. The van der Waals surface area contributed by atoms with Crippen molar-refractivity contribution in [1.82, 2.24) is 10.2 Å². The van der Waals surface area contributed by atoms with Gasteiger partial charge in [0.2, 0.25) is 17.7 Å². The fourth-order valence-electron chi connectivity index (χ4n) is 1.93. The fourth-order valence-corrected chi connectivity index (χ4v) is 2.69. The summed E-state index contributed by atoms with van der Waals surface area (Å²) in [5.74, 6) is -0.179. The Morgan fingerprint density at radius 1 is 1.17 bits per heavy atom. The van der Waals surface area contributed by atoms with Crippen LogP contribution in [0.3, 0.4) is 0 Å². The maximum Gasteiger partial charge on any atom is 0.239 e. The SMILES string of the molecule is Cc1cccc(NC(=O)CSCC(=O)N(C)CC(=O)NC(C)C)c1. The van der Waals surface area contributed by atoms with Crippen molar-refractivity contribution in [3.05, 3.63) is 29.8 Å². The van der Waals surface area contributed by atoms with Gasteiger partial charge in [0.05, 0.1) is 18.1 Å². The van der Waals surface area contributed by atoms with Crippen LogP contribution in [0.4, 0.5) is 5.69 Å².